The topological polar surface area (TPSA) is 0 Å². The van der Waals surface area contributed by atoms with E-state index in [1.807, 2.05) is 43.3 Å². The number of rotatable bonds is 1. The minimum atomic E-state index is -0.131. The molecule has 0 aliphatic heterocycles. The van der Waals surface area contributed by atoms with Crippen molar-refractivity contribution in [2.45, 2.75) is 13.8 Å². The predicted molar refractivity (Wildman–Crippen MR) is 61.3 cm³/mol. The maximum Gasteiger partial charge on any atom is 0.126 e. The standard InChI is InChI=1S/C14H13F/c1-10-8-13(9-14(15)11(10)2)12-6-4-3-5-7-12/h3-9H,1-2H3. The summed E-state index contributed by atoms with van der Waals surface area (Å²) in [5.41, 5.74) is 3.72. The zero-order valence-electron chi connectivity index (χ0n) is 8.92. The molecule has 76 valence electrons. The lowest BCUT2D eigenvalue weighted by molar-refractivity contribution is 0.617. The van der Waals surface area contributed by atoms with Crippen molar-refractivity contribution in [1.82, 2.24) is 0 Å². The smallest absolute Gasteiger partial charge is 0.126 e. The molecule has 0 bridgehead atoms. The first-order valence-corrected chi connectivity index (χ1v) is 5.00. The third-order valence-corrected chi connectivity index (χ3v) is 2.71. The summed E-state index contributed by atoms with van der Waals surface area (Å²) >= 11 is 0. The van der Waals surface area contributed by atoms with E-state index in [2.05, 4.69) is 0 Å². The lowest BCUT2D eigenvalue weighted by Gasteiger charge is -2.06. The second-order valence-corrected chi connectivity index (χ2v) is 3.77. The van der Waals surface area contributed by atoms with Crippen LogP contribution in [0.4, 0.5) is 4.39 Å². The van der Waals surface area contributed by atoms with Gasteiger partial charge in [0.25, 0.3) is 0 Å². The molecule has 0 radical (unpaired) electrons. The molecule has 0 aromatic heterocycles. The molecule has 2 rings (SSSR count). The SMILES string of the molecule is Cc1cc(-c2ccccc2)cc(F)c1C. The van der Waals surface area contributed by atoms with Crippen LogP contribution < -0.4 is 0 Å². The van der Waals surface area contributed by atoms with Gasteiger partial charge in [-0.2, -0.15) is 0 Å². The lowest BCUT2D eigenvalue weighted by atomic mass is 10.0. The molecule has 2 aromatic rings. The summed E-state index contributed by atoms with van der Waals surface area (Å²) in [7, 11) is 0. The van der Waals surface area contributed by atoms with Gasteiger partial charge in [-0.15, -0.1) is 0 Å². The van der Waals surface area contributed by atoms with Gasteiger partial charge in [0.1, 0.15) is 5.82 Å². The molecule has 0 saturated carbocycles. The highest BCUT2D eigenvalue weighted by Crippen LogP contribution is 2.23. The summed E-state index contributed by atoms with van der Waals surface area (Å²) in [6.07, 6.45) is 0. The quantitative estimate of drug-likeness (QED) is 0.649. The van der Waals surface area contributed by atoms with Crippen LogP contribution in [-0.2, 0) is 0 Å². The largest absolute Gasteiger partial charge is 0.207 e. The average molecular weight is 200 g/mol. The predicted octanol–water partition coefficient (Wildman–Crippen LogP) is 4.11. The normalized spacial score (nSPS) is 10.3. The van der Waals surface area contributed by atoms with E-state index in [0.29, 0.717) is 0 Å². The molecule has 0 nitrogen and oxygen atoms in total. The first-order chi connectivity index (χ1) is 7.18. The molecule has 0 aliphatic carbocycles. The lowest BCUT2D eigenvalue weighted by Crippen LogP contribution is -1.89. The van der Waals surface area contributed by atoms with Crippen LogP contribution in [0.2, 0.25) is 0 Å². The molecule has 0 N–H and O–H groups in total. The van der Waals surface area contributed by atoms with Crippen molar-refractivity contribution in [3.8, 4) is 11.1 Å². The van der Waals surface area contributed by atoms with E-state index in [9.17, 15) is 4.39 Å². The van der Waals surface area contributed by atoms with Crippen molar-refractivity contribution in [1.29, 1.82) is 0 Å². The van der Waals surface area contributed by atoms with Gasteiger partial charge in [0.15, 0.2) is 0 Å². The zero-order valence-corrected chi connectivity index (χ0v) is 8.92. The number of benzene rings is 2. The third kappa shape index (κ3) is 1.91. The highest BCUT2D eigenvalue weighted by Gasteiger charge is 2.04. The van der Waals surface area contributed by atoms with Crippen LogP contribution >= 0.6 is 0 Å². The summed E-state index contributed by atoms with van der Waals surface area (Å²) in [5, 5.41) is 0. The summed E-state index contributed by atoms with van der Waals surface area (Å²) in [5.74, 6) is -0.131. The maximum absolute atomic E-state index is 13.5. The van der Waals surface area contributed by atoms with Crippen molar-refractivity contribution in [3.05, 3.63) is 59.4 Å². The van der Waals surface area contributed by atoms with Crippen LogP contribution in [0.5, 0.6) is 0 Å². The molecule has 0 heterocycles. The summed E-state index contributed by atoms with van der Waals surface area (Å²) < 4.78 is 13.5. The monoisotopic (exact) mass is 200 g/mol. The van der Waals surface area contributed by atoms with E-state index < -0.39 is 0 Å². The van der Waals surface area contributed by atoms with E-state index in [-0.39, 0.29) is 5.82 Å². The van der Waals surface area contributed by atoms with E-state index in [1.54, 1.807) is 13.0 Å². The van der Waals surface area contributed by atoms with Gasteiger partial charge in [0.2, 0.25) is 0 Å². The Kier molecular flexibility index (Phi) is 2.55. The summed E-state index contributed by atoms with van der Waals surface area (Å²) in [6.45, 7) is 3.74. The third-order valence-electron chi connectivity index (χ3n) is 2.71. The number of halogens is 1. The van der Waals surface area contributed by atoms with Crippen LogP contribution in [0.15, 0.2) is 42.5 Å². The van der Waals surface area contributed by atoms with Gasteiger partial charge < -0.3 is 0 Å². The van der Waals surface area contributed by atoms with Crippen molar-refractivity contribution >= 4 is 0 Å². The van der Waals surface area contributed by atoms with Gasteiger partial charge in [-0.25, -0.2) is 4.39 Å². The Morgan fingerprint density at radius 1 is 0.867 bits per heavy atom. The Morgan fingerprint density at radius 2 is 1.53 bits per heavy atom. The Balaban J connectivity index is 2.56. The van der Waals surface area contributed by atoms with E-state index >= 15 is 0 Å². The van der Waals surface area contributed by atoms with E-state index in [1.165, 1.54) is 0 Å². The molecule has 0 spiro atoms. The van der Waals surface area contributed by atoms with Gasteiger partial charge in [-0.3, -0.25) is 0 Å². The van der Waals surface area contributed by atoms with Gasteiger partial charge in [-0.1, -0.05) is 36.4 Å². The van der Waals surface area contributed by atoms with Gasteiger partial charge in [-0.05, 0) is 42.2 Å². The fraction of sp³-hybridized carbons (Fsp3) is 0.143. The van der Waals surface area contributed by atoms with Gasteiger partial charge in [0.05, 0.1) is 0 Å². The van der Waals surface area contributed by atoms with E-state index in [4.69, 9.17) is 0 Å². The van der Waals surface area contributed by atoms with Crippen LogP contribution in [-0.4, -0.2) is 0 Å². The second-order valence-electron chi connectivity index (χ2n) is 3.77. The second kappa shape index (κ2) is 3.85. The fourth-order valence-electron chi connectivity index (χ4n) is 1.61. The van der Waals surface area contributed by atoms with E-state index in [0.717, 1.165) is 22.3 Å². The molecule has 0 saturated heterocycles. The molecular weight excluding hydrogens is 187 g/mol. The zero-order chi connectivity index (χ0) is 10.8. The number of aryl methyl sites for hydroxylation is 1. The highest BCUT2D eigenvalue weighted by molar-refractivity contribution is 5.64. The molecule has 0 amide bonds. The Morgan fingerprint density at radius 3 is 2.13 bits per heavy atom. The molecule has 0 unspecified atom stereocenters. The number of hydrogen-bond donors (Lipinski definition) is 0. The van der Waals surface area contributed by atoms with Crippen LogP contribution in [0, 0.1) is 19.7 Å². The molecule has 15 heavy (non-hydrogen) atoms. The Bertz CT molecular complexity index is 449. The fourth-order valence-corrected chi connectivity index (χ4v) is 1.61. The Labute approximate surface area is 89.4 Å². The first-order valence-electron chi connectivity index (χ1n) is 5.00. The van der Waals surface area contributed by atoms with Crippen LogP contribution in [0.1, 0.15) is 11.1 Å². The number of hydrogen-bond acceptors (Lipinski definition) is 0. The van der Waals surface area contributed by atoms with Crippen LogP contribution in [0.3, 0.4) is 0 Å². The van der Waals surface area contributed by atoms with Crippen molar-refractivity contribution in [3.63, 3.8) is 0 Å². The molecule has 0 atom stereocenters. The average Bonchev–Trinajstić information content (AvgIpc) is 2.26. The highest BCUT2D eigenvalue weighted by atomic mass is 19.1. The van der Waals surface area contributed by atoms with Crippen LogP contribution in [0.25, 0.3) is 11.1 Å². The minimum Gasteiger partial charge on any atom is -0.207 e. The van der Waals surface area contributed by atoms with Gasteiger partial charge >= 0.3 is 0 Å². The van der Waals surface area contributed by atoms with Crippen molar-refractivity contribution in [2.75, 3.05) is 0 Å². The van der Waals surface area contributed by atoms with Gasteiger partial charge in [0, 0.05) is 0 Å². The molecule has 2 aromatic carbocycles. The summed E-state index contributed by atoms with van der Waals surface area (Å²) in [6, 6.07) is 13.5. The molecule has 1 heteroatoms. The van der Waals surface area contributed by atoms with Crippen molar-refractivity contribution < 1.29 is 4.39 Å². The molecule has 0 fully saturated rings. The van der Waals surface area contributed by atoms with Crippen molar-refractivity contribution in [2.24, 2.45) is 0 Å². The first kappa shape index (κ1) is 9.91. The molecular formula is C14H13F. The minimum absolute atomic E-state index is 0.131. The Hall–Kier alpha value is -1.63. The molecule has 0 aliphatic rings. The summed E-state index contributed by atoms with van der Waals surface area (Å²) in [4.78, 5) is 0. The maximum atomic E-state index is 13.5.